The Morgan fingerprint density at radius 3 is 2.22 bits per heavy atom. The predicted molar refractivity (Wildman–Crippen MR) is 85.5 cm³/mol. The first-order valence-corrected chi connectivity index (χ1v) is 6.92. The van der Waals surface area contributed by atoms with Gasteiger partial charge in [-0.15, -0.1) is 0 Å². The van der Waals surface area contributed by atoms with E-state index in [1.807, 2.05) is 6.92 Å². The highest BCUT2D eigenvalue weighted by molar-refractivity contribution is 6.02. The standard InChI is InChI=1S/C16H15N3O4/c1-2-15(11-5-9-14(20)10-6-11)17-18-16(21)12-3-7-13(8-4-12)19(22)23/h3-10,20H,2H2,1H3,(H,18,21). The Kier molecular flexibility index (Phi) is 5.03. The van der Waals surface area contributed by atoms with Crippen molar-refractivity contribution >= 4 is 17.3 Å². The lowest BCUT2D eigenvalue weighted by atomic mass is 10.1. The van der Waals surface area contributed by atoms with Crippen molar-refractivity contribution in [1.29, 1.82) is 0 Å². The monoisotopic (exact) mass is 313 g/mol. The minimum atomic E-state index is -0.528. The van der Waals surface area contributed by atoms with Crippen molar-refractivity contribution in [2.24, 2.45) is 5.10 Å². The second-order valence-corrected chi connectivity index (χ2v) is 4.70. The van der Waals surface area contributed by atoms with Crippen LogP contribution in [-0.2, 0) is 0 Å². The molecule has 2 aromatic rings. The highest BCUT2D eigenvalue weighted by Gasteiger charge is 2.09. The molecule has 2 rings (SSSR count). The zero-order valence-corrected chi connectivity index (χ0v) is 12.4. The number of nitrogens with zero attached hydrogens (tertiary/aromatic N) is 2. The summed E-state index contributed by atoms with van der Waals surface area (Å²) in [4.78, 5) is 22.1. The lowest BCUT2D eigenvalue weighted by molar-refractivity contribution is -0.384. The van der Waals surface area contributed by atoms with Crippen molar-refractivity contribution in [2.45, 2.75) is 13.3 Å². The topological polar surface area (TPSA) is 105 Å². The van der Waals surface area contributed by atoms with E-state index in [1.165, 1.54) is 24.3 Å². The van der Waals surface area contributed by atoms with Crippen LogP contribution in [0.25, 0.3) is 0 Å². The number of carbonyl (C=O) groups is 1. The predicted octanol–water partition coefficient (Wildman–Crippen LogP) is 2.84. The molecule has 0 unspecified atom stereocenters. The van der Waals surface area contributed by atoms with E-state index in [0.717, 1.165) is 5.56 Å². The largest absolute Gasteiger partial charge is 0.508 e. The molecule has 0 atom stereocenters. The molecule has 0 bridgehead atoms. The number of rotatable bonds is 5. The summed E-state index contributed by atoms with van der Waals surface area (Å²) >= 11 is 0. The number of hydrazone groups is 1. The van der Waals surface area contributed by atoms with Crippen LogP contribution in [0.5, 0.6) is 5.75 Å². The van der Waals surface area contributed by atoms with E-state index in [0.29, 0.717) is 12.1 Å². The number of hydrogen-bond acceptors (Lipinski definition) is 5. The van der Waals surface area contributed by atoms with E-state index in [1.54, 1.807) is 24.3 Å². The lowest BCUT2D eigenvalue weighted by Gasteiger charge is -2.05. The molecule has 0 aromatic heterocycles. The summed E-state index contributed by atoms with van der Waals surface area (Å²) < 4.78 is 0. The van der Waals surface area contributed by atoms with Crippen LogP contribution in [-0.4, -0.2) is 21.6 Å². The smallest absolute Gasteiger partial charge is 0.271 e. The van der Waals surface area contributed by atoms with E-state index in [-0.39, 0.29) is 17.0 Å². The average molecular weight is 313 g/mol. The van der Waals surface area contributed by atoms with Gasteiger partial charge in [0.05, 0.1) is 10.6 Å². The molecule has 0 spiro atoms. The Morgan fingerprint density at radius 1 is 1.13 bits per heavy atom. The molecule has 2 N–H and O–H groups in total. The van der Waals surface area contributed by atoms with Crippen molar-refractivity contribution < 1.29 is 14.8 Å². The quantitative estimate of drug-likeness (QED) is 0.503. The molecule has 0 aliphatic heterocycles. The fourth-order valence-corrected chi connectivity index (χ4v) is 1.92. The molecule has 2 aromatic carbocycles. The molecule has 7 heteroatoms. The molecule has 0 radical (unpaired) electrons. The summed E-state index contributed by atoms with van der Waals surface area (Å²) in [6.07, 6.45) is 0.589. The number of amides is 1. The molecular weight excluding hydrogens is 298 g/mol. The molecular formula is C16H15N3O4. The summed E-state index contributed by atoms with van der Waals surface area (Å²) in [6, 6.07) is 11.8. The van der Waals surface area contributed by atoms with Gasteiger partial charge in [0.1, 0.15) is 5.75 Å². The van der Waals surface area contributed by atoms with E-state index in [4.69, 9.17) is 0 Å². The highest BCUT2D eigenvalue weighted by Crippen LogP contribution is 2.13. The van der Waals surface area contributed by atoms with Crippen molar-refractivity contribution in [3.63, 3.8) is 0 Å². The van der Waals surface area contributed by atoms with E-state index in [2.05, 4.69) is 10.5 Å². The Morgan fingerprint density at radius 2 is 1.70 bits per heavy atom. The molecule has 118 valence electrons. The van der Waals surface area contributed by atoms with Crippen LogP contribution in [0.4, 0.5) is 5.69 Å². The number of non-ortho nitro benzene ring substituents is 1. The molecule has 23 heavy (non-hydrogen) atoms. The van der Waals surface area contributed by atoms with Crippen molar-refractivity contribution in [1.82, 2.24) is 5.43 Å². The van der Waals surface area contributed by atoms with E-state index in [9.17, 15) is 20.0 Å². The first kappa shape index (κ1) is 16.2. The van der Waals surface area contributed by atoms with Crippen LogP contribution in [0.2, 0.25) is 0 Å². The fraction of sp³-hybridized carbons (Fsp3) is 0.125. The van der Waals surface area contributed by atoms with Crippen LogP contribution < -0.4 is 5.43 Å². The van der Waals surface area contributed by atoms with E-state index < -0.39 is 10.8 Å². The normalized spacial score (nSPS) is 11.1. The van der Waals surface area contributed by atoms with Gasteiger partial charge in [-0.1, -0.05) is 6.92 Å². The third-order valence-electron chi connectivity index (χ3n) is 3.17. The number of hydrogen-bond donors (Lipinski definition) is 2. The third-order valence-corrected chi connectivity index (χ3v) is 3.17. The van der Waals surface area contributed by atoms with Crippen LogP contribution >= 0.6 is 0 Å². The number of carbonyl (C=O) groups excluding carboxylic acids is 1. The van der Waals surface area contributed by atoms with E-state index >= 15 is 0 Å². The Bertz CT molecular complexity index is 737. The van der Waals surface area contributed by atoms with Gasteiger partial charge < -0.3 is 5.11 Å². The molecule has 0 heterocycles. The Hall–Kier alpha value is -3.22. The van der Waals surface area contributed by atoms with Gasteiger partial charge in [-0.3, -0.25) is 14.9 Å². The molecule has 0 saturated heterocycles. The highest BCUT2D eigenvalue weighted by atomic mass is 16.6. The molecule has 0 fully saturated rings. The van der Waals surface area contributed by atoms with Crippen LogP contribution in [0.15, 0.2) is 53.6 Å². The maximum absolute atomic E-state index is 12.0. The minimum Gasteiger partial charge on any atom is -0.508 e. The summed E-state index contributed by atoms with van der Waals surface area (Å²) in [5.74, 6) is -0.302. The van der Waals surface area contributed by atoms with Crippen molar-refractivity contribution in [3.8, 4) is 5.75 Å². The second-order valence-electron chi connectivity index (χ2n) is 4.70. The summed E-state index contributed by atoms with van der Waals surface area (Å²) in [5, 5.41) is 23.9. The average Bonchev–Trinajstić information content (AvgIpc) is 2.56. The number of phenols is 1. The maximum Gasteiger partial charge on any atom is 0.271 e. The van der Waals surface area contributed by atoms with Gasteiger partial charge in [0.2, 0.25) is 0 Å². The van der Waals surface area contributed by atoms with Crippen LogP contribution in [0.1, 0.15) is 29.3 Å². The SMILES string of the molecule is CCC(=NNC(=O)c1ccc([N+](=O)[O-])cc1)c1ccc(O)cc1. The minimum absolute atomic E-state index is 0.0802. The molecule has 7 nitrogen and oxygen atoms in total. The Balaban J connectivity index is 2.11. The van der Waals surface area contributed by atoms with Crippen LogP contribution in [0, 0.1) is 10.1 Å². The van der Waals surface area contributed by atoms with Crippen molar-refractivity contribution in [3.05, 3.63) is 69.8 Å². The number of aromatic hydroxyl groups is 1. The van der Waals surface area contributed by atoms with Gasteiger partial charge in [-0.25, -0.2) is 5.43 Å². The lowest BCUT2D eigenvalue weighted by Crippen LogP contribution is -2.20. The first-order chi connectivity index (χ1) is 11.0. The molecule has 0 saturated carbocycles. The molecule has 0 aliphatic carbocycles. The molecule has 1 amide bonds. The molecule has 0 aliphatic rings. The third kappa shape index (κ3) is 4.13. The van der Waals surface area contributed by atoms with Crippen LogP contribution in [0.3, 0.4) is 0 Å². The zero-order valence-electron chi connectivity index (χ0n) is 12.4. The number of nitro groups is 1. The Labute approximate surface area is 132 Å². The number of benzene rings is 2. The second kappa shape index (κ2) is 7.17. The summed E-state index contributed by atoms with van der Waals surface area (Å²) in [5.41, 5.74) is 4.07. The van der Waals surface area contributed by atoms with Gasteiger partial charge in [0.15, 0.2) is 0 Å². The van der Waals surface area contributed by atoms with Gasteiger partial charge in [-0.05, 0) is 48.4 Å². The number of nitro benzene ring substituents is 1. The number of phenolic OH excluding ortho intramolecular Hbond substituents is 1. The van der Waals surface area contributed by atoms with Gasteiger partial charge in [0.25, 0.3) is 11.6 Å². The maximum atomic E-state index is 12.0. The zero-order chi connectivity index (χ0) is 16.8. The van der Waals surface area contributed by atoms with Gasteiger partial charge >= 0.3 is 0 Å². The number of nitrogens with one attached hydrogen (secondary N) is 1. The van der Waals surface area contributed by atoms with Gasteiger partial charge in [-0.2, -0.15) is 5.10 Å². The summed E-state index contributed by atoms with van der Waals surface area (Å²) in [6.45, 7) is 1.89. The van der Waals surface area contributed by atoms with Gasteiger partial charge in [0, 0.05) is 17.7 Å². The fourth-order valence-electron chi connectivity index (χ4n) is 1.92. The summed E-state index contributed by atoms with van der Waals surface area (Å²) in [7, 11) is 0. The first-order valence-electron chi connectivity index (χ1n) is 6.92. The van der Waals surface area contributed by atoms with Crippen molar-refractivity contribution in [2.75, 3.05) is 0 Å².